The van der Waals surface area contributed by atoms with E-state index in [9.17, 15) is 9.59 Å². The predicted octanol–water partition coefficient (Wildman–Crippen LogP) is 3.63. The third-order valence-electron chi connectivity index (χ3n) is 4.26. The van der Waals surface area contributed by atoms with Gasteiger partial charge < -0.3 is 19.5 Å². The number of thiazole rings is 1. The van der Waals surface area contributed by atoms with Gasteiger partial charge in [0.25, 0.3) is 0 Å². The molecule has 27 heavy (non-hydrogen) atoms. The highest BCUT2D eigenvalue weighted by Crippen LogP contribution is 2.38. The number of aromatic nitrogens is 1. The normalized spacial score (nSPS) is 19.7. The summed E-state index contributed by atoms with van der Waals surface area (Å²) in [6, 6.07) is 9.44. The van der Waals surface area contributed by atoms with Crippen LogP contribution in [0.5, 0.6) is 0 Å². The third-order valence-corrected chi connectivity index (χ3v) is 5.99. The second-order valence-electron chi connectivity index (χ2n) is 6.22. The summed E-state index contributed by atoms with van der Waals surface area (Å²) in [5.74, 6) is -1.06. The molecule has 7 nitrogen and oxygen atoms in total. The molecule has 1 aliphatic rings. The minimum atomic E-state index is -1.06. The minimum absolute atomic E-state index is 0.182. The van der Waals surface area contributed by atoms with Gasteiger partial charge >= 0.3 is 12.1 Å². The van der Waals surface area contributed by atoms with E-state index in [0.29, 0.717) is 29.0 Å². The van der Waals surface area contributed by atoms with Crippen molar-refractivity contribution in [1.29, 1.82) is 0 Å². The Morgan fingerprint density at radius 1 is 1.33 bits per heavy atom. The van der Waals surface area contributed by atoms with E-state index in [4.69, 9.17) is 14.6 Å². The van der Waals surface area contributed by atoms with E-state index in [-0.39, 0.29) is 13.2 Å². The van der Waals surface area contributed by atoms with Gasteiger partial charge in [0.1, 0.15) is 28.4 Å². The Kier molecular flexibility index (Phi) is 6.46. The summed E-state index contributed by atoms with van der Waals surface area (Å²) >= 11 is 4.70. The van der Waals surface area contributed by atoms with Crippen LogP contribution in [0.3, 0.4) is 0 Å². The lowest BCUT2D eigenvalue weighted by Crippen LogP contribution is -2.50. The molecule has 1 unspecified atom stereocenters. The first-order valence-electron chi connectivity index (χ1n) is 8.41. The zero-order chi connectivity index (χ0) is 19.3. The molecular weight excluding hydrogens is 436 g/mol. The molecule has 0 saturated carbocycles. The fourth-order valence-corrected chi connectivity index (χ4v) is 4.43. The Bertz CT molecular complexity index is 800. The van der Waals surface area contributed by atoms with Crippen molar-refractivity contribution in [3.05, 3.63) is 50.9 Å². The number of likely N-dealkylation sites (tertiary alicyclic amines) is 1. The highest BCUT2D eigenvalue weighted by molar-refractivity contribution is 9.10. The van der Waals surface area contributed by atoms with E-state index in [0.717, 1.165) is 5.56 Å². The smallest absolute Gasteiger partial charge is 0.410 e. The number of aliphatic carboxylic acids is 1. The average Bonchev–Trinajstić information content (AvgIpc) is 3.12. The quantitative estimate of drug-likeness (QED) is 0.716. The summed E-state index contributed by atoms with van der Waals surface area (Å²) in [6.45, 7) is 0.457. The molecule has 1 atom stereocenters. The van der Waals surface area contributed by atoms with Gasteiger partial charge in [-0.2, -0.15) is 0 Å². The van der Waals surface area contributed by atoms with Crippen LogP contribution in [0.4, 0.5) is 4.79 Å². The van der Waals surface area contributed by atoms with Gasteiger partial charge in [-0.3, -0.25) is 0 Å². The lowest BCUT2D eigenvalue weighted by Gasteiger charge is -2.40. The molecule has 1 N–H and O–H groups in total. The highest BCUT2D eigenvalue weighted by atomic mass is 79.9. The van der Waals surface area contributed by atoms with Gasteiger partial charge in [-0.25, -0.2) is 14.6 Å². The zero-order valence-corrected chi connectivity index (χ0v) is 16.9. The molecule has 1 amide bonds. The summed E-state index contributed by atoms with van der Waals surface area (Å²) in [5, 5.41) is 11.5. The summed E-state index contributed by atoms with van der Waals surface area (Å²) in [7, 11) is 0. The van der Waals surface area contributed by atoms with Crippen LogP contribution in [-0.4, -0.2) is 46.7 Å². The molecule has 0 spiro atoms. The molecule has 1 saturated heterocycles. The largest absolute Gasteiger partial charge is 0.480 e. The number of hydrogen-bond donors (Lipinski definition) is 1. The van der Waals surface area contributed by atoms with Crippen molar-refractivity contribution in [2.75, 3.05) is 19.7 Å². The van der Waals surface area contributed by atoms with Crippen molar-refractivity contribution >= 4 is 39.3 Å². The Hall–Kier alpha value is -1.97. The van der Waals surface area contributed by atoms with Crippen molar-refractivity contribution in [2.24, 2.45) is 0 Å². The second kappa shape index (κ2) is 8.81. The number of hydrogen-bond acceptors (Lipinski definition) is 6. The van der Waals surface area contributed by atoms with Crippen LogP contribution >= 0.6 is 27.3 Å². The molecule has 0 aliphatic carbocycles. The average molecular weight is 455 g/mol. The molecular formula is C18H19BrN2O5S. The van der Waals surface area contributed by atoms with Gasteiger partial charge in [-0.15, -0.1) is 11.3 Å². The molecule has 1 aliphatic heterocycles. The number of piperidine rings is 1. The van der Waals surface area contributed by atoms with Crippen LogP contribution < -0.4 is 0 Å². The van der Waals surface area contributed by atoms with Crippen LogP contribution in [0.2, 0.25) is 0 Å². The molecule has 1 aromatic heterocycles. The number of carbonyl (C=O) groups excluding carboxylic acids is 1. The lowest BCUT2D eigenvalue weighted by molar-refractivity contribution is -0.155. The first-order valence-corrected chi connectivity index (χ1v) is 10.1. The van der Waals surface area contributed by atoms with Crippen LogP contribution in [0.1, 0.15) is 23.4 Å². The number of rotatable bonds is 6. The standard InChI is InChI=1S/C18H19BrN2O5S/c19-14-11-27-16(20-14)18(26-10-15(22)23)7-4-8-21(12-18)17(24)25-9-13-5-2-1-3-6-13/h1-3,5-6,11H,4,7-10,12H2,(H,22,23). The van der Waals surface area contributed by atoms with Gasteiger partial charge in [0.2, 0.25) is 0 Å². The fourth-order valence-electron chi connectivity index (χ4n) is 3.01. The predicted molar refractivity (Wildman–Crippen MR) is 103 cm³/mol. The topological polar surface area (TPSA) is 89.0 Å². The second-order valence-corrected chi connectivity index (χ2v) is 7.89. The molecule has 9 heteroatoms. The van der Waals surface area contributed by atoms with Crippen LogP contribution in [0.15, 0.2) is 40.3 Å². The summed E-state index contributed by atoms with van der Waals surface area (Å²) < 4.78 is 11.8. The summed E-state index contributed by atoms with van der Waals surface area (Å²) in [5.41, 5.74) is -0.0425. The number of halogens is 1. The molecule has 2 heterocycles. The SMILES string of the molecule is O=C(O)COC1(c2nc(Br)cs2)CCCN(C(=O)OCc2ccccc2)C1. The number of nitrogens with zero attached hydrogens (tertiary/aromatic N) is 2. The van der Waals surface area contributed by atoms with Gasteiger partial charge in [0, 0.05) is 11.9 Å². The first-order chi connectivity index (χ1) is 13.0. The molecule has 0 bridgehead atoms. The van der Waals surface area contributed by atoms with Crippen LogP contribution in [-0.2, 0) is 26.5 Å². The summed E-state index contributed by atoms with van der Waals surface area (Å²) in [6.07, 6.45) is 0.803. The molecule has 3 rings (SSSR count). The van der Waals surface area contributed by atoms with E-state index in [2.05, 4.69) is 20.9 Å². The first kappa shape index (κ1) is 19.8. The van der Waals surface area contributed by atoms with Gasteiger partial charge in [0.15, 0.2) is 0 Å². The number of carboxylic acids is 1. The Morgan fingerprint density at radius 3 is 2.78 bits per heavy atom. The van der Waals surface area contributed by atoms with Gasteiger partial charge in [0.05, 0.1) is 6.54 Å². The Balaban J connectivity index is 1.71. The number of ether oxygens (including phenoxy) is 2. The number of carboxylic acid groups (broad SMARTS) is 1. The third kappa shape index (κ3) is 5.06. The van der Waals surface area contributed by atoms with Crippen molar-refractivity contribution in [3.8, 4) is 0 Å². The molecule has 1 fully saturated rings. The molecule has 1 aromatic carbocycles. The maximum Gasteiger partial charge on any atom is 0.410 e. The minimum Gasteiger partial charge on any atom is -0.480 e. The highest BCUT2D eigenvalue weighted by Gasteiger charge is 2.43. The van der Waals surface area contributed by atoms with Crippen LogP contribution in [0.25, 0.3) is 0 Å². The van der Waals surface area contributed by atoms with Gasteiger partial charge in [-0.05, 0) is 34.3 Å². The van der Waals surface area contributed by atoms with Crippen molar-refractivity contribution in [1.82, 2.24) is 9.88 Å². The summed E-state index contributed by atoms with van der Waals surface area (Å²) in [4.78, 5) is 29.5. The van der Waals surface area contributed by atoms with E-state index in [1.54, 1.807) is 4.90 Å². The molecule has 0 radical (unpaired) electrons. The van der Waals surface area contributed by atoms with Crippen molar-refractivity contribution in [3.63, 3.8) is 0 Å². The molecule has 144 valence electrons. The van der Waals surface area contributed by atoms with E-state index in [1.807, 2.05) is 35.7 Å². The Morgan fingerprint density at radius 2 is 2.11 bits per heavy atom. The molecule has 2 aromatic rings. The van der Waals surface area contributed by atoms with Crippen molar-refractivity contribution in [2.45, 2.75) is 25.0 Å². The zero-order valence-electron chi connectivity index (χ0n) is 14.5. The fraction of sp³-hybridized carbons (Fsp3) is 0.389. The van der Waals surface area contributed by atoms with E-state index >= 15 is 0 Å². The number of benzene rings is 1. The van der Waals surface area contributed by atoms with E-state index < -0.39 is 24.3 Å². The van der Waals surface area contributed by atoms with Gasteiger partial charge in [-0.1, -0.05) is 30.3 Å². The number of carbonyl (C=O) groups is 2. The maximum absolute atomic E-state index is 12.5. The van der Waals surface area contributed by atoms with Crippen LogP contribution in [0, 0.1) is 0 Å². The lowest BCUT2D eigenvalue weighted by atomic mass is 9.93. The van der Waals surface area contributed by atoms with E-state index in [1.165, 1.54) is 11.3 Å². The number of amides is 1. The monoisotopic (exact) mass is 454 g/mol. The maximum atomic E-state index is 12.5. The van der Waals surface area contributed by atoms with Crippen molar-refractivity contribution < 1.29 is 24.2 Å². The Labute approximate surface area is 169 Å².